The molecule has 4 heteroatoms. The number of imidazole rings is 1. The molecule has 0 aliphatic rings. The number of benzene rings is 1. The maximum absolute atomic E-state index is 12.5. The van der Waals surface area contributed by atoms with E-state index in [4.69, 9.17) is 0 Å². The van der Waals surface area contributed by atoms with Gasteiger partial charge in [-0.15, -0.1) is 0 Å². The van der Waals surface area contributed by atoms with Gasteiger partial charge in [0.2, 0.25) is 5.91 Å². The highest BCUT2D eigenvalue weighted by molar-refractivity contribution is 5.76. The molecule has 0 radical (unpaired) electrons. The summed E-state index contributed by atoms with van der Waals surface area (Å²) in [5.74, 6) is 0.164. The average molecular weight is 333 g/mol. The SMILES string of the molecule is CCN(CC=Cc1ccccc1)C(=O)CCc1cn2ccccc2n1. The fourth-order valence-electron chi connectivity index (χ4n) is 2.79. The van der Waals surface area contributed by atoms with Crippen LogP contribution in [0.4, 0.5) is 0 Å². The van der Waals surface area contributed by atoms with Gasteiger partial charge in [0.25, 0.3) is 0 Å². The van der Waals surface area contributed by atoms with Gasteiger partial charge in [0, 0.05) is 31.9 Å². The average Bonchev–Trinajstić information content (AvgIpc) is 3.07. The van der Waals surface area contributed by atoms with Crippen LogP contribution < -0.4 is 0 Å². The van der Waals surface area contributed by atoms with Gasteiger partial charge in [-0.2, -0.15) is 0 Å². The van der Waals surface area contributed by atoms with E-state index < -0.39 is 0 Å². The summed E-state index contributed by atoms with van der Waals surface area (Å²) in [6.45, 7) is 3.36. The van der Waals surface area contributed by atoms with Gasteiger partial charge in [0.1, 0.15) is 5.65 Å². The summed E-state index contributed by atoms with van der Waals surface area (Å²) in [6, 6.07) is 16.0. The minimum atomic E-state index is 0.164. The number of amides is 1. The first-order valence-electron chi connectivity index (χ1n) is 8.68. The molecule has 0 unspecified atom stereocenters. The van der Waals surface area contributed by atoms with Crippen LogP contribution in [-0.2, 0) is 11.2 Å². The first-order chi connectivity index (χ1) is 12.3. The molecule has 25 heavy (non-hydrogen) atoms. The van der Waals surface area contributed by atoms with Crippen molar-refractivity contribution in [2.24, 2.45) is 0 Å². The quantitative estimate of drug-likeness (QED) is 0.659. The highest BCUT2D eigenvalue weighted by atomic mass is 16.2. The summed E-state index contributed by atoms with van der Waals surface area (Å²) in [5.41, 5.74) is 3.02. The van der Waals surface area contributed by atoms with E-state index >= 15 is 0 Å². The van der Waals surface area contributed by atoms with Crippen LogP contribution in [0.2, 0.25) is 0 Å². The van der Waals surface area contributed by atoms with E-state index in [0.29, 0.717) is 25.9 Å². The summed E-state index contributed by atoms with van der Waals surface area (Å²) in [4.78, 5) is 18.9. The van der Waals surface area contributed by atoms with Gasteiger partial charge in [-0.05, 0) is 31.0 Å². The number of hydrogen-bond donors (Lipinski definition) is 0. The summed E-state index contributed by atoms with van der Waals surface area (Å²) < 4.78 is 1.99. The summed E-state index contributed by atoms with van der Waals surface area (Å²) in [7, 11) is 0. The standard InChI is InChI=1S/C21H23N3O/c1-2-23(16-8-11-18-9-4-3-5-10-18)21(25)14-13-19-17-24-15-7-6-12-20(24)22-19/h3-12,15,17H,2,13-14,16H2,1H3. The number of carbonyl (C=O) groups is 1. The van der Waals surface area contributed by atoms with E-state index in [0.717, 1.165) is 16.9 Å². The molecule has 0 fully saturated rings. The smallest absolute Gasteiger partial charge is 0.223 e. The lowest BCUT2D eigenvalue weighted by molar-refractivity contribution is -0.130. The van der Waals surface area contributed by atoms with Crippen LogP contribution in [0.5, 0.6) is 0 Å². The third kappa shape index (κ3) is 4.57. The third-order valence-electron chi connectivity index (χ3n) is 4.18. The molecule has 2 aromatic heterocycles. The molecule has 4 nitrogen and oxygen atoms in total. The maximum atomic E-state index is 12.5. The minimum absolute atomic E-state index is 0.164. The Hall–Kier alpha value is -2.88. The van der Waals surface area contributed by atoms with Crippen LogP contribution in [0.3, 0.4) is 0 Å². The Morgan fingerprint density at radius 2 is 1.96 bits per heavy atom. The van der Waals surface area contributed by atoms with Crippen molar-refractivity contribution >= 4 is 17.6 Å². The van der Waals surface area contributed by atoms with Crippen LogP contribution in [0.25, 0.3) is 11.7 Å². The topological polar surface area (TPSA) is 37.6 Å². The minimum Gasteiger partial charge on any atom is -0.339 e. The van der Waals surface area contributed by atoms with Crippen molar-refractivity contribution in [1.82, 2.24) is 14.3 Å². The van der Waals surface area contributed by atoms with E-state index in [1.54, 1.807) is 0 Å². The second kappa shape index (κ2) is 8.29. The number of fused-ring (bicyclic) bond motifs is 1. The zero-order chi connectivity index (χ0) is 17.5. The number of aryl methyl sites for hydroxylation is 1. The Morgan fingerprint density at radius 1 is 1.16 bits per heavy atom. The molecule has 0 aliphatic heterocycles. The molecule has 2 heterocycles. The lowest BCUT2D eigenvalue weighted by atomic mass is 10.2. The number of hydrogen-bond acceptors (Lipinski definition) is 2. The first-order valence-corrected chi connectivity index (χ1v) is 8.68. The zero-order valence-corrected chi connectivity index (χ0v) is 14.5. The molecule has 0 bridgehead atoms. The van der Waals surface area contributed by atoms with Crippen LogP contribution in [0, 0.1) is 0 Å². The number of nitrogens with zero attached hydrogens (tertiary/aromatic N) is 3. The predicted octanol–water partition coefficient (Wildman–Crippen LogP) is 3.83. The highest BCUT2D eigenvalue weighted by Gasteiger charge is 2.11. The molecule has 1 amide bonds. The van der Waals surface area contributed by atoms with Gasteiger partial charge in [0.05, 0.1) is 5.69 Å². The Bertz CT molecular complexity index is 819. The highest BCUT2D eigenvalue weighted by Crippen LogP contribution is 2.08. The van der Waals surface area contributed by atoms with Crippen LogP contribution in [0.1, 0.15) is 24.6 Å². The Kier molecular flexibility index (Phi) is 5.62. The van der Waals surface area contributed by atoms with E-state index in [2.05, 4.69) is 23.2 Å². The normalized spacial score (nSPS) is 11.2. The molecular weight excluding hydrogens is 310 g/mol. The van der Waals surface area contributed by atoms with Gasteiger partial charge < -0.3 is 9.30 Å². The molecule has 0 saturated heterocycles. The molecule has 0 N–H and O–H groups in total. The Morgan fingerprint density at radius 3 is 2.72 bits per heavy atom. The molecule has 0 spiro atoms. The molecule has 0 aliphatic carbocycles. The van der Waals surface area contributed by atoms with Gasteiger partial charge in [-0.25, -0.2) is 4.98 Å². The Balaban J connectivity index is 1.54. The lowest BCUT2D eigenvalue weighted by Crippen LogP contribution is -2.31. The van der Waals surface area contributed by atoms with Crippen LogP contribution in [0.15, 0.2) is 67.0 Å². The van der Waals surface area contributed by atoms with E-state index in [1.807, 2.05) is 71.1 Å². The van der Waals surface area contributed by atoms with E-state index in [1.165, 1.54) is 0 Å². The fourth-order valence-corrected chi connectivity index (χ4v) is 2.79. The van der Waals surface area contributed by atoms with Crippen molar-refractivity contribution in [3.63, 3.8) is 0 Å². The zero-order valence-electron chi connectivity index (χ0n) is 14.5. The van der Waals surface area contributed by atoms with Crippen LogP contribution >= 0.6 is 0 Å². The second-order valence-electron chi connectivity index (χ2n) is 5.94. The van der Waals surface area contributed by atoms with Gasteiger partial charge in [-0.1, -0.05) is 48.6 Å². The van der Waals surface area contributed by atoms with E-state index in [-0.39, 0.29) is 5.91 Å². The maximum Gasteiger partial charge on any atom is 0.223 e. The van der Waals surface area contributed by atoms with E-state index in [9.17, 15) is 4.79 Å². The molecular formula is C21H23N3O. The first kappa shape index (κ1) is 17.0. The van der Waals surface area contributed by atoms with Crippen molar-refractivity contribution in [2.45, 2.75) is 19.8 Å². The molecule has 128 valence electrons. The van der Waals surface area contributed by atoms with Crippen molar-refractivity contribution < 1.29 is 4.79 Å². The number of likely N-dealkylation sites (N-methyl/N-ethyl adjacent to an activating group) is 1. The van der Waals surface area contributed by atoms with Gasteiger partial charge in [-0.3, -0.25) is 4.79 Å². The molecule has 1 aromatic carbocycles. The molecule has 0 atom stereocenters. The number of carbonyl (C=O) groups excluding carboxylic acids is 1. The number of rotatable bonds is 7. The monoisotopic (exact) mass is 333 g/mol. The summed E-state index contributed by atoms with van der Waals surface area (Å²) in [5, 5.41) is 0. The predicted molar refractivity (Wildman–Crippen MR) is 101 cm³/mol. The fraction of sp³-hybridized carbons (Fsp3) is 0.238. The van der Waals surface area contributed by atoms with Crippen molar-refractivity contribution in [1.29, 1.82) is 0 Å². The van der Waals surface area contributed by atoms with Crippen molar-refractivity contribution in [3.05, 3.63) is 78.3 Å². The van der Waals surface area contributed by atoms with Gasteiger partial charge in [0.15, 0.2) is 0 Å². The number of aromatic nitrogens is 2. The molecule has 0 saturated carbocycles. The summed E-state index contributed by atoms with van der Waals surface area (Å²) in [6.07, 6.45) is 9.21. The second-order valence-corrected chi connectivity index (χ2v) is 5.94. The number of pyridine rings is 1. The van der Waals surface area contributed by atoms with Crippen LogP contribution in [-0.4, -0.2) is 33.3 Å². The Labute approximate surface area is 148 Å². The van der Waals surface area contributed by atoms with Gasteiger partial charge >= 0.3 is 0 Å². The largest absolute Gasteiger partial charge is 0.339 e. The van der Waals surface area contributed by atoms with Crippen molar-refractivity contribution in [2.75, 3.05) is 13.1 Å². The molecule has 3 rings (SSSR count). The van der Waals surface area contributed by atoms with Crippen molar-refractivity contribution in [3.8, 4) is 0 Å². The summed E-state index contributed by atoms with van der Waals surface area (Å²) >= 11 is 0. The third-order valence-corrected chi connectivity index (χ3v) is 4.18. The molecule has 3 aromatic rings. The lowest BCUT2D eigenvalue weighted by Gasteiger charge is -2.18.